The summed E-state index contributed by atoms with van der Waals surface area (Å²) in [6.45, 7) is 0.966. The van der Waals surface area contributed by atoms with Gasteiger partial charge in [0, 0.05) is 42.4 Å². The standard InChI is InChI=1S/C29H30N4O3/c34-27(24-11-6-16-33(29(24)36)19-21-7-2-1-3-8-21)31-15-4-9-20-12-13-23-25(18-22-10-5-14-30-22)28(35)32-26(23)17-20/h4-6,9-14,16-18,21,30H,1-3,7-8,15,19H2,(H,31,34)(H,32,35)/b9-4+,25-18-. The fraction of sp³-hybridized carbons (Fsp3) is 0.276. The first kappa shape index (κ1) is 23.6. The monoisotopic (exact) mass is 482 g/mol. The van der Waals surface area contributed by atoms with Crippen molar-refractivity contribution in [3.05, 3.63) is 93.7 Å². The van der Waals surface area contributed by atoms with Crippen LogP contribution in [0.15, 0.2) is 65.7 Å². The van der Waals surface area contributed by atoms with Crippen molar-refractivity contribution in [3.8, 4) is 0 Å². The van der Waals surface area contributed by atoms with Gasteiger partial charge in [0.05, 0.1) is 5.57 Å². The van der Waals surface area contributed by atoms with E-state index in [-0.39, 0.29) is 29.5 Å². The first-order valence-corrected chi connectivity index (χ1v) is 12.5. The Kier molecular flexibility index (Phi) is 6.98. The molecule has 2 aliphatic rings. The quantitative estimate of drug-likeness (QED) is 0.426. The van der Waals surface area contributed by atoms with Crippen molar-refractivity contribution in [2.45, 2.75) is 38.6 Å². The maximum Gasteiger partial charge on any atom is 0.263 e. The number of nitrogens with one attached hydrogen (secondary N) is 3. The lowest BCUT2D eigenvalue weighted by Gasteiger charge is -2.22. The van der Waals surface area contributed by atoms with Gasteiger partial charge in [0.2, 0.25) is 0 Å². The number of aromatic amines is 1. The smallest absolute Gasteiger partial charge is 0.263 e. The van der Waals surface area contributed by atoms with Crippen molar-refractivity contribution in [1.82, 2.24) is 14.9 Å². The lowest BCUT2D eigenvalue weighted by atomic mass is 9.89. The van der Waals surface area contributed by atoms with Crippen LogP contribution in [0.4, 0.5) is 5.69 Å². The van der Waals surface area contributed by atoms with E-state index in [4.69, 9.17) is 0 Å². The lowest BCUT2D eigenvalue weighted by molar-refractivity contribution is -0.110. The number of anilines is 1. The molecule has 3 N–H and O–H groups in total. The minimum atomic E-state index is -0.372. The summed E-state index contributed by atoms with van der Waals surface area (Å²) in [5.74, 6) is 0.00259. The average molecular weight is 483 g/mol. The lowest BCUT2D eigenvalue weighted by Crippen LogP contribution is -2.34. The summed E-state index contributed by atoms with van der Waals surface area (Å²) in [7, 11) is 0. The van der Waals surface area contributed by atoms with E-state index in [1.807, 2.05) is 54.8 Å². The van der Waals surface area contributed by atoms with Crippen molar-refractivity contribution in [1.29, 1.82) is 0 Å². The molecule has 1 fully saturated rings. The van der Waals surface area contributed by atoms with Crippen LogP contribution in [-0.4, -0.2) is 27.9 Å². The zero-order chi connectivity index (χ0) is 24.9. The molecule has 1 saturated carbocycles. The number of rotatable bonds is 7. The molecule has 5 rings (SSSR count). The SMILES string of the molecule is O=C1Nc2cc(/C=C/CNC(=O)c3cccn(CC4CCCCC4)c3=O)ccc2/C1=C/c1ccc[nH]1. The van der Waals surface area contributed by atoms with Gasteiger partial charge in [-0.3, -0.25) is 14.4 Å². The highest BCUT2D eigenvalue weighted by molar-refractivity contribution is 6.34. The van der Waals surface area contributed by atoms with Gasteiger partial charge in [-0.2, -0.15) is 0 Å². The van der Waals surface area contributed by atoms with Crippen molar-refractivity contribution in [2.75, 3.05) is 11.9 Å². The summed E-state index contributed by atoms with van der Waals surface area (Å²) in [5, 5.41) is 5.72. The van der Waals surface area contributed by atoms with E-state index in [0.29, 0.717) is 18.0 Å². The summed E-state index contributed by atoms with van der Waals surface area (Å²) in [5.41, 5.74) is 3.93. The van der Waals surface area contributed by atoms with Crippen LogP contribution in [0.5, 0.6) is 0 Å². The predicted octanol–water partition coefficient (Wildman–Crippen LogP) is 4.69. The van der Waals surface area contributed by atoms with Crippen molar-refractivity contribution >= 4 is 35.2 Å². The van der Waals surface area contributed by atoms with E-state index >= 15 is 0 Å². The maximum atomic E-state index is 12.8. The average Bonchev–Trinajstić information content (AvgIpc) is 3.51. The molecule has 36 heavy (non-hydrogen) atoms. The summed E-state index contributed by atoms with van der Waals surface area (Å²) in [4.78, 5) is 41.0. The Balaban J connectivity index is 1.20. The van der Waals surface area contributed by atoms with Gasteiger partial charge in [-0.05, 0) is 60.7 Å². The van der Waals surface area contributed by atoms with Crippen molar-refractivity contribution < 1.29 is 9.59 Å². The Morgan fingerprint density at radius 3 is 2.75 bits per heavy atom. The molecule has 0 atom stereocenters. The van der Waals surface area contributed by atoms with E-state index < -0.39 is 0 Å². The highest BCUT2D eigenvalue weighted by Gasteiger charge is 2.24. The Hall–Kier alpha value is -4.13. The highest BCUT2D eigenvalue weighted by atomic mass is 16.2. The highest BCUT2D eigenvalue weighted by Crippen LogP contribution is 2.34. The van der Waals surface area contributed by atoms with Gasteiger partial charge in [-0.25, -0.2) is 0 Å². The summed E-state index contributed by atoms with van der Waals surface area (Å²) < 4.78 is 1.68. The largest absolute Gasteiger partial charge is 0.362 e. The molecule has 7 nitrogen and oxygen atoms in total. The second-order valence-corrected chi connectivity index (χ2v) is 9.44. The zero-order valence-corrected chi connectivity index (χ0v) is 20.1. The van der Waals surface area contributed by atoms with E-state index in [9.17, 15) is 14.4 Å². The predicted molar refractivity (Wildman–Crippen MR) is 142 cm³/mol. The van der Waals surface area contributed by atoms with Crippen molar-refractivity contribution in [2.24, 2.45) is 5.92 Å². The van der Waals surface area contributed by atoms with Crippen molar-refractivity contribution in [3.63, 3.8) is 0 Å². The summed E-state index contributed by atoms with van der Waals surface area (Å²) in [6, 6.07) is 12.9. The fourth-order valence-electron chi connectivity index (χ4n) is 4.99. The fourth-order valence-corrected chi connectivity index (χ4v) is 4.99. The molecule has 1 aliphatic heterocycles. The Morgan fingerprint density at radius 1 is 1.08 bits per heavy atom. The van der Waals surface area contributed by atoms with Gasteiger partial charge in [0.15, 0.2) is 0 Å². The summed E-state index contributed by atoms with van der Waals surface area (Å²) >= 11 is 0. The molecule has 1 aliphatic carbocycles. The minimum Gasteiger partial charge on any atom is -0.362 e. The van der Waals surface area contributed by atoms with Gasteiger partial charge in [-0.15, -0.1) is 0 Å². The number of pyridine rings is 1. The molecule has 2 amide bonds. The third-order valence-electron chi connectivity index (χ3n) is 6.88. The molecule has 0 bridgehead atoms. The number of H-pyrrole nitrogens is 1. The molecule has 0 saturated heterocycles. The second-order valence-electron chi connectivity index (χ2n) is 9.44. The number of fused-ring (bicyclic) bond motifs is 1. The number of nitrogens with zero attached hydrogens (tertiary/aromatic N) is 1. The molecular formula is C29H30N4O3. The molecular weight excluding hydrogens is 452 g/mol. The number of hydrogen-bond donors (Lipinski definition) is 3. The van der Waals surface area contributed by atoms with Gasteiger partial charge in [0.1, 0.15) is 5.56 Å². The van der Waals surface area contributed by atoms with Crippen LogP contribution < -0.4 is 16.2 Å². The van der Waals surface area contributed by atoms with Gasteiger partial charge >= 0.3 is 0 Å². The van der Waals surface area contributed by atoms with Gasteiger partial charge < -0.3 is 20.2 Å². The zero-order valence-electron chi connectivity index (χ0n) is 20.1. The van der Waals surface area contributed by atoms with Crippen LogP contribution >= 0.6 is 0 Å². The molecule has 0 radical (unpaired) electrons. The molecule has 0 unspecified atom stereocenters. The third-order valence-corrected chi connectivity index (χ3v) is 6.88. The topological polar surface area (TPSA) is 96.0 Å². The molecule has 184 valence electrons. The number of carbonyl (C=O) groups is 2. The second kappa shape index (κ2) is 10.6. The Bertz CT molecular complexity index is 1380. The normalized spacial score (nSPS) is 16.9. The van der Waals surface area contributed by atoms with E-state index in [1.54, 1.807) is 22.9 Å². The molecule has 1 aromatic carbocycles. The Labute approximate surface area is 209 Å². The number of hydrogen-bond acceptors (Lipinski definition) is 3. The molecule has 3 heterocycles. The van der Waals surface area contributed by atoms with Crippen LogP contribution in [-0.2, 0) is 11.3 Å². The van der Waals surface area contributed by atoms with E-state index in [1.165, 1.54) is 19.3 Å². The number of benzene rings is 1. The van der Waals surface area contributed by atoms with E-state index in [2.05, 4.69) is 15.6 Å². The first-order chi connectivity index (χ1) is 17.6. The first-order valence-electron chi connectivity index (χ1n) is 12.5. The van der Waals surface area contributed by atoms with Crippen LogP contribution in [0.2, 0.25) is 0 Å². The van der Waals surface area contributed by atoms with Crippen LogP contribution in [0.1, 0.15) is 59.3 Å². The number of aromatic nitrogens is 2. The van der Waals surface area contributed by atoms with Crippen LogP contribution in [0.3, 0.4) is 0 Å². The van der Waals surface area contributed by atoms with E-state index in [0.717, 1.165) is 35.3 Å². The molecule has 3 aromatic rings. The molecule has 0 spiro atoms. The van der Waals surface area contributed by atoms with Gasteiger partial charge in [-0.1, -0.05) is 43.5 Å². The van der Waals surface area contributed by atoms with Crippen LogP contribution in [0, 0.1) is 5.92 Å². The Morgan fingerprint density at radius 2 is 1.94 bits per heavy atom. The molecule has 7 heteroatoms. The third kappa shape index (κ3) is 5.25. The summed E-state index contributed by atoms with van der Waals surface area (Å²) in [6.07, 6.45) is 15.1. The number of carbonyl (C=O) groups excluding carboxylic acids is 2. The minimum absolute atomic E-state index is 0.134. The maximum absolute atomic E-state index is 12.8. The number of amides is 2. The molecule has 2 aromatic heterocycles. The van der Waals surface area contributed by atoms with Gasteiger partial charge in [0.25, 0.3) is 17.4 Å². The van der Waals surface area contributed by atoms with Crippen LogP contribution in [0.25, 0.3) is 17.7 Å².